The zero-order valence-corrected chi connectivity index (χ0v) is 9.98. The average molecular weight is 278 g/mol. The second-order valence-electron chi connectivity index (χ2n) is 0. The summed E-state index contributed by atoms with van der Waals surface area (Å²) >= 11 is 1.70. The van der Waals surface area contributed by atoms with Crippen LogP contribution in [0.2, 0.25) is 0 Å². The van der Waals surface area contributed by atoms with Crippen molar-refractivity contribution >= 4 is 59.1 Å². The molecule has 0 atom stereocenters. The average Bonchev–Trinajstić information content (AvgIpc) is 1.00. The molecule has 0 aliphatic carbocycles. The Balaban J connectivity index is -0.00000000167. The van der Waals surface area contributed by atoms with Gasteiger partial charge >= 0.3 is 24.3 Å². The first-order valence-corrected chi connectivity index (χ1v) is 0.728. The van der Waals surface area contributed by atoms with Crippen molar-refractivity contribution in [2.24, 2.45) is 0 Å². The van der Waals surface area contributed by atoms with Crippen molar-refractivity contribution < 1.29 is 46.7 Å². The summed E-state index contributed by atoms with van der Waals surface area (Å²) < 4.78 is 8.06. The van der Waals surface area contributed by atoms with Crippen molar-refractivity contribution in [1.82, 2.24) is 0 Å². The van der Waals surface area contributed by atoms with Crippen molar-refractivity contribution in [2.75, 3.05) is 0 Å². The van der Waals surface area contributed by atoms with Gasteiger partial charge in [0.05, 0.1) is 0 Å². The Morgan fingerprint density at radius 3 is 1.00 bits per heavy atom. The van der Waals surface area contributed by atoms with Gasteiger partial charge in [-0.15, -0.1) is 0 Å². The predicted molar refractivity (Wildman–Crippen MR) is 12.2 cm³/mol. The van der Waals surface area contributed by atoms with Crippen molar-refractivity contribution in [1.29, 1.82) is 0 Å². The predicted octanol–water partition coefficient (Wildman–Crippen LogP) is -0.885. The Morgan fingerprint density at radius 2 is 1.00 bits per heavy atom. The Morgan fingerprint density at radius 1 is 1.00 bits per heavy atom. The summed E-state index contributed by atoms with van der Waals surface area (Å²) in [5.41, 5.74) is 0. The molecule has 30 valence electrons. The zero-order valence-electron chi connectivity index (χ0n) is 3.01. The fourth-order valence-electron chi connectivity index (χ4n) is 0. The van der Waals surface area contributed by atoms with E-state index in [1.807, 2.05) is 0 Å². The second-order valence-corrected chi connectivity index (χ2v) is 0. The van der Waals surface area contributed by atoms with Gasteiger partial charge in [0.2, 0.25) is 0 Å². The van der Waals surface area contributed by atoms with Crippen molar-refractivity contribution in [3.63, 3.8) is 0 Å². The SMILES string of the molecule is [Ag].[Na].[Na].[O]=[Ag]. The van der Waals surface area contributed by atoms with Crippen LogP contribution in [0, 0.1) is 0 Å². The molecule has 0 N–H and O–H groups in total. The van der Waals surface area contributed by atoms with Crippen LogP contribution < -0.4 is 0 Å². The van der Waals surface area contributed by atoms with Gasteiger partial charge in [-0.3, -0.25) is 0 Å². The molecule has 0 bridgehead atoms. The third kappa shape index (κ3) is 18.9. The van der Waals surface area contributed by atoms with Crippen LogP contribution in [-0.4, -0.2) is 59.1 Å². The molecule has 5 heteroatoms. The topological polar surface area (TPSA) is 17.1 Å². The molecule has 0 amide bonds. The molecule has 0 aromatic heterocycles. The van der Waals surface area contributed by atoms with E-state index in [9.17, 15) is 0 Å². The van der Waals surface area contributed by atoms with E-state index in [0.29, 0.717) is 0 Å². The van der Waals surface area contributed by atoms with E-state index in [2.05, 4.69) is 0 Å². The molecule has 0 aliphatic rings. The van der Waals surface area contributed by atoms with Gasteiger partial charge in [-0.2, -0.15) is 0 Å². The van der Waals surface area contributed by atoms with E-state index < -0.39 is 0 Å². The zero-order chi connectivity index (χ0) is 2.00. The Kier molecular flexibility index (Phi) is 128. The van der Waals surface area contributed by atoms with Crippen LogP contribution in [0.15, 0.2) is 0 Å². The maximum absolute atomic E-state index is 8.06. The van der Waals surface area contributed by atoms with Gasteiger partial charge in [0, 0.05) is 81.5 Å². The fourth-order valence-corrected chi connectivity index (χ4v) is 0. The third-order valence-electron chi connectivity index (χ3n) is 0. The van der Waals surface area contributed by atoms with Crippen molar-refractivity contribution in [2.45, 2.75) is 0 Å². The van der Waals surface area contributed by atoms with Crippen LogP contribution in [-0.2, 0) is 46.7 Å². The molecule has 0 spiro atoms. The standard InChI is InChI=1S/2Ag.2Na.O. The Labute approximate surface area is 103 Å². The normalized spacial score (nSPS) is 1.20. The maximum atomic E-state index is 8.06. The van der Waals surface area contributed by atoms with Gasteiger partial charge in [-0.1, -0.05) is 0 Å². The molecule has 3 radical (unpaired) electrons. The van der Waals surface area contributed by atoms with Gasteiger partial charge < -0.3 is 0 Å². The monoisotopic (exact) mass is 276 g/mol. The van der Waals surface area contributed by atoms with E-state index in [4.69, 9.17) is 3.25 Å². The van der Waals surface area contributed by atoms with E-state index in [1.165, 1.54) is 0 Å². The molecule has 0 saturated carbocycles. The molecule has 0 aliphatic heterocycles. The summed E-state index contributed by atoms with van der Waals surface area (Å²) in [7, 11) is 0. The molecule has 0 aromatic rings. The summed E-state index contributed by atoms with van der Waals surface area (Å²) in [6, 6.07) is 0. The number of rotatable bonds is 0. The Hall–Kier alpha value is 3.28. The molecule has 1 nitrogen and oxygen atoms in total. The van der Waals surface area contributed by atoms with Gasteiger partial charge in [0.15, 0.2) is 0 Å². The first kappa shape index (κ1) is 24.0. The quantitative estimate of drug-likeness (QED) is 0.526. The summed E-state index contributed by atoms with van der Waals surface area (Å²) in [4.78, 5) is 0. The molecule has 0 saturated heterocycles. The summed E-state index contributed by atoms with van der Waals surface area (Å²) in [5.74, 6) is 0. The summed E-state index contributed by atoms with van der Waals surface area (Å²) in [6.45, 7) is 0. The second kappa shape index (κ2) is 26.7. The van der Waals surface area contributed by atoms with Crippen LogP contribution in [0.4, 0.5) is 0 Å². The van der Waals surface area contributed by atoms with E-state index in [1.54, 1.807) is 21.0 Å². The molecular weight excluding hydrogens is 278 g/mol. The first-order chi connectivity index (χ1) is 1.00. The number of hydrogen-bond donors (Lipinski definition) is 0. The third-order valence-corrected chi connectivity index (χ3v) is 0. The van der Waals surface area contributed by atoms with Crippen LogP contribution in [0.3, 0.4) is 0 Å². The molecule has 0 aromatic carbocycles. The van der Waals surface area contributed by atoms with E-state index in [0.717, 1.165) is 0 Å². The molecule has 0 unspecified atom stereocenters. The van der Waals surface area contributed by atoms with Gasteiger partial charge in [0.25, 0.3) is 0 Å². The van der Waals surface area contributed by atoms with Crippen LogP contribution in [0.1, 0.15) is 0 Å². The Bertz CT molecular complexity index is 7.61. The van der Waals surface area contributed by atoms with Crippen LogP contribution in [0.25, 0.3) is 0 Å². The molecule has 0 fully saturated rings. The minimum absolute atomic E-state index is 0. The van der Waals surface area contributed by atoms with Crippen LogP contribution in [0.5, 0.6) is 0 Å². The van der Waals surface area contributed by atoms with E-state index >= 15 is 0 Å². The molecular formula is Ag2Na2O. The fraction of sp³-hybridized carbons (Fsp3) is 0. The number of hydrogen-bond acceptors (Lipinski definition) is 1. The summed E-state index contributed by atoms with van der Waals surface area (Å²) in [6.07, 6.45) is 0. The minimum atomic E-state index is 0. The van der Waals surface area contributed by atoms with Crippen LogP contribution >= 0.6 is 0 Å². The first-order valence-electron chi connectivity index (χ1n) is 0.123. The molecule has 5 heavy (non-hydrogen) atoms. The molecule has 0 rings (SSSR count). The van der Waals surface area contributed by atoms with Gasteiger partial charge in [-0.05, 0) is 0 Å². The van der Waals surface area contributed by atoms with Crippen molar-refractivity contribution in [3.05, 3.63) is 0 Å². The van der Waals surface area contributed by atoms with Gasteiger partial charge in [0.1, 0.15) is 0 Å². The van der Waals surface area contributed by atoms with Crippen molar-refractivity contribution in [3.8, 4) is 0 Å². The summed E-state index contributed by atoms with van der Waals surface area (Å²) in [5, 5.41) is 0. The molecule has 0 heterocycles. The van der Waals surface area contributed by atoms with E-state index in [-0.39, 0.29) is 81.5 Å². The van der Waals surface area contributed by atoms with Gasteiger partial charge in [-0.25, -0.2) is 0 Å².